The Bertz CT molecular complexity index is 298. The maximum absolute atomic E-state index is 13.3. The Balaban J connectivity index is 2.58. The molecule has 0 aliphatic carbocycles. The zero-order valence-corrected chi connectivity index (χ0v) is 9.41. The fraction of sp³-hybridized carbons (Fsp3) is 0.538. The Morgan fingerprint density at radius 3 is 2.60 bits per heavy atom. The summed E-state index contributed by atoms with van der Waals surface area (Å²) >= 11 is 0. The monoisotopic (exact) mass is 210 g/mol. The van der Waals surface area contributed by atoms with Crippen molar-refractivity contribution in [1.82, 2.24) is 0 Å². The van der Waals surface area contributed by atoms with E-state index in [-0.39, 0.29) is 17.8 Å². The van der Waals surface area contributed by atoms with Gasteiger partial charge < -0.3 is 5.11 Å². The van der Waals surface area contributed by atoms with Crippen LogP contribution in [0.1, 0.15) is 32.3 Å². The van der Waals surface area contributed by atoms with Gasteiger partial charge in [0.2, 0.25) is 0 Å². The Morgan fingerprint density at radius 2 is 2.00 bits per heavy atom. The molecule has 0 bridgehead atoms. The van der Waals surface area contributed by atoms with Crippen LogP contribution in [0.5, 0.6) is 0 Å². The summed E-state index contributed by atoms with van der Waals surface area (Å²) in [6.07, 6.45) is 2.03. The van der Waals surface area contributed by atoms with E-state index in [4.69, 9.17) is 0 Å². The van der Waals surface area contributed by atoms with Crippen LogP contribution >= 0.6 is 0 Å². The molecule has 15 heavy (non-hydrogen) atoms. The molecule has 1 N–H and O–H groups in total. The van der Waals surface area contributed by atoms with Gasteiger partial charge in [0.1, 0.15) is 5.82 Å². The molecule has 2 unspecified atom stereocenters. The van der Waals surface area contributed by atoms with Gasteiger partial charge in [-0.1, -0.05) is 38.5 Å². The number of rotatable bonds is 5. The van der Waals surface area contributed by atoms with Crippen molar-refractivity contribution >= 4 is 0 Å². The molecule has 0 aliphatic rings. The summed E-state index contributed by atoms with van der Waals surface area (Å²) in [5.74, 6) is -0.0603. The lowest BCUT2D eigenvalue weighted by atomic mass is 9.93. The van der Waals surface area contributed by atoms with E-state index in [0.29, 0.717) is 12.0 Å². The first kappa shape index (κ1) is 12.2. The van der Waals surface area contributed by atoms with Crippen LogP contribution < -0.4 is 0 Å². The van der Waals surface area contributed by atoms with E-state index in [1.807, 2.05) is 19.9 Å². The summed E-state index contributed by atoms with van der Waals surface area (Å²) in [4.78, 5) is 0. The van der Waals surface area contributed by atoms with Crippen molar-refractivity contribution in [3.63, 3.8) is 0 Å². The van der Waals surface area contributed by atoms with Crippen molar-refractivity contribution in [1.29, 1.82) is 0 Å². The van der Waals surface area contributed by atoms with Gasteiger partial charge in [0.05, 0.1) is 6.10 Å². The minimum Gasteiger partial charge on any atom is -0.393 e. The standard InChI is InChI=1S/C13H19FO/c1-3-6-13(15)10(2)9-11-7-4-5-8-12(11)14/h4-5,7-8,10,13,15H,3,6,9H2,1-2H3. The van der Waals surface area contributed by atoms with Crippen molar-refractivity contribution in [3.8, 4) is 0 Å². The summed E-state index contributed by atoms with van der Waals surface area (Å²) < 4.78 is 13.3. The Hall–Kier alpha value is -0.890. The predicted octanol–water partition coefficient (Wildman–Crippen LogP) is 3.17. The lowest BCUT2D eigenvalue weighted by Gasteiger charge is -2.18. The van der Waals surface area contributed by atoms with E-state index in [0.717, 1.165) is 12.8 Å². The second kappa shape index (κ2) is 5.86. The number of halogens is 1. The van der Waals surface area contributed by atoms with E-state index >= 15 is 0 Å². The molecule has 0 heterocycles. The summed E-state index contributed by atoms with van der Waals surface area (Å²) in [6, 6.07) is 6.77. The van der Waals surface area contributed by atoms with Crippen LogP contribution in [0.15, 0.2) is 24.3 Å². The van der Waals surface area contributed by atoms with Crippen molar-refractivity contribution in [2.45, 2.75) is 39.2 Å². The molecule has 0 radical (unpaired) electrons. The average molecular weight is 210 g/mol. The van der Waals surface area contributed by atoms with Crippen LogP contribution in [0.25, 0.3) is 0 Å². The molecule has 84 valence electrons. The smallest absolute Gasteiger partial charge is 0.126 e. The second-order valence-corrected chi connectivity index (χ2v) is 4.13. The molecule has 1 rings (SSSR count). The van der Waals surface area contributed by atoms with Gasteiger partial charge in [0.15, 0.2) is 0 Å². The van der Waals surface area contributed by atoms with Crippen molar-refractivity contribution in [3.05, 3.63) is 35.6 Å². The van der Waals surface area contributed by atoms with Gasteiger partial charge in [-0.15, -0.1) is 0 Å². The first-order chi connectivity index (χ1) is 7.15. The molecular formula is C13H19FO. The minimum atomic E-state index is -0.324. The minimum absolute atomic E-state index is 0.113. The van der Waals surface area contributed by atoms with Gasteiger partial charge in [-0.05, 0) is 30.4 Å². The summed E-state index contributed by atoms with van der Waals surface area (Å²) in [5, 5.41) is 9.75. The van der Waals surface area contributed by atoms with Crippen LogP contribution in [0.4, 0.5) is 4.39 Å². The molecule has 0 saturated heterocycles. The van der Waals surface area contributed by atoms with E-state index in [9.17, 15) is 9.50 Å². The van der Waals surface area contributed by atoms with Gasteiger partial charge >= 0.3 is 0 Å². The SMILES string of the molecule is CCCC(O)C(C)Cc1ccccc1F. The topological polar surface area (TPSA) is 20.2 Å². The normalized spacial score (nSPS) is 14.9. The number of aliphatic hydroxyl groups is 1. The highest BCUT2D eigenvalue weighted by molar-refractivity contribution is 5.17. The van der Waals surface area contributed by atoms with E-state index in [2.05, 4.69) is 0 Å². The molecule has 0 amide bonds. The Morgan fingerprint density at radius 1 is 1.33 bits per heavy atom. The fourth-order valence-corrected chi connectivity index (χ4v) is 1.73. The fourth-order valence-electron chi connectivity index (χ4n) is 1.73. The molecule has 0 saturated carbocycles. The molecule has 1 nitrogen and oxygen atoms in total. The first-order valence-corrected chi connectivity index (χ1v) is 5.56. The molecule has 0 spiro atoms. The average Bonchev–Trinajstić information content (AvgIpc) is 2.21. The van der Waals surface area contributed by atoms with Crippen molar-refractivity contribution in [2.75, 3.05) is 0 Å². The highest BCUT2D eigenvalue weighted by Crippen LogP contribution is 2.17. The maximum atomic E-state index is 13.3. The molecule has 1 aromatic rings. The van der Waals surface area contributed by atoms with Crippen LogP contribution in [-0.4, -0.2) is 11.2 Å². The zero-order chi connectivity index (χ0) is 11.3. The van der Waals surface area contributed by atoms with Gasteiger partial charge in [0.25, 0.3) is 0 Å². The number of hydrogen-bond acceptors (Lipinski definition) is 1. The van der Waals surface area contributed by atoms with Crippen LogP contribution in [-0.2, 0) is 6.42 Å². The largest absolute Gasteiger partial charge is 0.393 e. The third kappa shape index (κ3) is 3.63. The highest BCUT2D eigenvalue weighted by Gasteiger charge is 2.15. The summed E-state index contributed by atoms with van der Waals surface area (Å²) in [6.45, 7) is 4.01. The van der Waals surface area contributed by atoms with Crippen LogP contribution in [0.3, 0.4) is 0 Å². The molecule has 0 aromatic heterocycles. The molecule has 2 atom stereocenters. The van der Waals surface area contributed by atoms with E-state index < -0.39 is 0 Å². The molecular weight excluding hydrogens is 191 g/mol. The first-order valence-electron chi connectivity index (χ1n) is 5.56. The summed E-state index contributed by atoms with van der Waals surface area (Å²) in [5.41, 5.74) is 0.695. The van der Waals surface area contributed by atoms with Gasteiger partial charge in [0, 0.05) is 0 Å². The second-order valence-electron chi connectivity index (χ2n) is 4.13. The Labute approximate surface area is 90.9 Å². The number of benzene rings is 1. The van der Waals surface area contributed by atoms with Crippen molar-refractivity contribution < 1.29 is 9.50 Å². The van der Waals surface area contributed by atoms with Crippen LogP contribution in [0, 0.1) is 11.7 Å². The lowest BCUT2D eigenvalue weighted by Crippen LogP contribution is -2.19. The third-order valence-electron chi connectivity index (χ3n) is 2.74. The van der Waals surface area contributed by atoms with Crippen LogP contribution in [0.2, 0.25) is 0 Å². The van der Waals surface area contributed by atoms with Gasteiger partial charge in [-0.3, -0.25) is 0 Å². The predicted molar refractivity (Wildman–Crippen MR) is 60.2 cm³/mol. The maximum Gasteiger partial charge on any atom is 0.126 e. The van der Waals surface area contributed by atoms with E-state index in [1.165, 1.54) is 6.07 Å². The molecule has 0 fully saturated rings. The van der Waals surface area contributed by atoms with Gasteiger partial charge in [-0.2, -0.15) is 0 Å². The van der Waals surface area contributed by atoms with Crippen molar-refractivity contribution in [2.24, 2.45) is 5.92 Å². The van der Waals surface area contributed by atoms with Gasteiger partial charge in [-0.25, -0.2) is 4.39 Å². The zero-order valence-electron chi connectivity index (χ0n) is 9.41. The summed E-state index contributed by atoms with van der Waals surface area (Å²) in [7, 11) is 0. The molecule has 1 aromatic carbocycles. The quantitative estimate of drug-likeness (QED) is 0.791. The lowest BCUT2D eigenvalue weighted by molar-refractivity contribution is 0.106. The third-order valence-corrected chi connectivity index (χ3v) is 2.74. The molecule has 0 aliphatic heterocycles. The van der Waals surface area contributed by atoms with E-state index in [1.54, 1.807) is 12.1 Å². The number of aliphatic hydroxyl groups excluding tert-OH is 1. The number of hydrogen-bond donors (Lipinski definition) is 1. The molecule has 2 heteroatoms. The Kier molecular flexibility index (Phi) is 4.76. The highest BCUT2D eigenvalue weighted by atomic mass is 19.1.